The van der Waals surface area contributed by atoms with E-state index in [9.17, 15) is 4.79 Å². The Labute approximate surface area is 153 Å². The summed E-state index contributed by atoms with van der Waals surface area (Å²) < 4.78 is 15.9. The Morgan fingerprint density at radius 2 is 1.81 bits per heavy atom. The lowest BCUT2D eigenvalue weighted by atomic mass is 10.1. The van der Waals surface area contributed by atoms with E-state index in [4.69, 9.17) is 19.3 Å². The molecular formula is C20H23NO5. The van der Waals surface area contributed by atoms with Gasteiger partial charge in [0.2, 0.25) is 0 Å². The molecular weight excluding hydrogens is 334 g/mol. The second-order valence-electron chi connectivity index (χ2n) is 5.41. The molecule has 2 N–H and O–H groups in total. The Bertz CT molecular complexity index is 697. The minimum absolute atomic E-state index is 0.0461. The minimum atomic E-state index is -0.553. The first kappa shape index (κ1) is 19.3. The van der Waals surface area contributed by atoms with Gasteiger partial charge in [0.25, 0.3) is 0 Å². The maximum Gasteiger partial charge on any atom is 0.412 e. The number of aliphatic hydroxyl groups is 1. The van der Waals surface area contributed by atoms with Crippen molar-refractivity contribution in [3.63, 3.8) is 0 Å². The van der Waals surface area contributed by atoms with Crippen molar-refractivity contribution in [3.05, 3.63) is 66.7 Å². The summed E-state index contributed by atoms with van der Waals surface area (Å²) in [6, 6.07) is 14.1. The van der Waals surface area contributed by atoms with Crippen LogP contribution < -0.4 is 14.8 Å². The minimum Gasteiger partial charge on any atom is -0.497 e. The summed E-state index contributed by atoms with van der Waals surface area (Å²) in [5.41, 5.74) is 1.44. The van der Waals surface area contributed by atoms with Gasteiger partial charge in [0.15, 0.2) is 0 Å². The second kappa shape index (κ2) is 10.1. The van der Waals surface area contributed by atoms with E-state index in [-0.39, 0.29) is 13.2 Å². The number of methoxy groups -OCH3 is 1. The molecule has 0 aliphatic heterocycles. The number of rotatable bonds is 9. The fourth-order valence-corrected chi connectivity index (χ4v) is 2.30. The van der Waals surface area contributed by atoms with E-state index in [0.717, 1.165) is 5.56 Å². The number of benzene rings is 2. The van der Waals surface area contributed by atoms with Crippen molar-refractivity contribution >= 4 is 11.8 Å². The average Bonchev–Trinajstić information content (AvgIpc) is 2.67. The Morgan fingerprint density at radius 3 is 2.38 bits per heavy atom. The molecule has 0 saturated carbocycles. The number of aliphatic hydroxyl groups excluding tert-OH is 1. The molecule has 0 aliphatic carbocycles. The van der Waals surface area contributed by atoms with Crippen LogP contribution in [0.5, 0.6) is 11.5 Å². The van der Waals surface area contributed by atoms with Gasteiger partial charge in [0.05, 0.1) is 13.7 Å². The van der Waals surface area contributed by atoms with E-state index in [1.165, 1.54) is 0 Å². The fraction of sp³-hybridized carbons (Fsp3) is 0.250. The van der Waals surface area contributed by atoms with Crippen molar-refractivity contribution in [1.29, 1.82) is 0 Å². The van der Waals surface area contributed by atoms with Gasteiger partial charge >= 0.3 is 6.09 Å². The topological polar surface area (TPSA) is 77.0 Å². The molecule has 138 valence electrons. The summed E-state index contributed by atoms with van der Waals surface area (Å²) in [7, 11) is 1.58. The van der Waals surface area contributed by atoms with Crippen LogP contribution in [0.4, 0.5) is 10.5 Å². The molecule has 0 radical (unpaired) electrons. The zero-order chi connectivity index (χ0) is 18.8. The van der Waals surface area contributed by atoms with E-state index >= 15 is 0 Å². The third kappa shape index (κ3) is 5.82. The molecule has 1 atom stereocenters. The Hall–Kier alpha value is -2.99. The van der Waals surface area contributed by atoms with E-state index in [2.05, 4.69) is 11.9 Å². The lowest BCUT2D eigenvalue weighted by Crippen LogP contribution is -2.17. The lowest BCUT2D eigenvalue weighted by Gasteiger charge is -2.18. The molecule has 6 nitrogen and oxygen atoms in total. The van der Waals surface area contributed by atoms with Crippen LogP contribution in [-0.2, 0) is 4.74 Å². The first-order chi connectivity index (χ1) is 12.7. The molecule has 26 heavy (non-hydrogen) atoms. The van der Waals surface area contributed by atoms with Crippen LogP contribution in [0.1, 0.15) is 18.1 Å². The zero-order valence-electron chi connectivity index (χ0n) is 14.7. The fourth-order valence-electron chi connectivity index (χ4n) is 2.30. The van der Waals surface area contributed by atoms with Crippen molar-refractivity contribution < 1.29 is 24.1 Å². The number of carbonyl (C=O) groups is 1. The monoisotopic (exact) mass is 357 g/mol. The summed E-state index contributed by atoms with van der Waals surface area (Å²) in [4.78, 5) is 12.2. The van der Waals surface area contributed by atoms with E-state index in [1.807, 2.05) is 12.1 Å². The van der Waals surface area contributed by atoms with Crippen LogP contribution in [0, 0.1) is 0 Å². The van der Waals surface area contributed by atoms with Gasteiger partial charge in [-0.15, -0.1) is 6.58 Å². The number of anilines is 1. The van der Waals surface area contributed by atoms with Crippen molar-refractivity contribution in [2.75, 3.05) is 25.6 Å². The quantitative estimate of drug-likeness (QED) is 0.665. The van der Waals surface area contributed by atoms with E-state index in [0.29, 0.717) is 23.6 Å². The summed E-state index contributed by atoms with van der Waals surface area (Å²) in [6.45, 7) is 3.90. The zero-order valence-corrected chi connectivity index (χ0v) is 14.7. The molecule has 6 heteroatoms. The maximum atomic E-state index is 12.2. The summed E-state index contributed by atoms with van der Waals surface area (Å²) >= 11 is 0. The van der Waals surface area contributed by atoms with Crippen LogP contribution in [-0.4, -0.2) is 31.5 Å². The number of carbonyl (C=O) groups excluding carboxylic acids is 1. The SMILES string of the molecule is C=CC[C@@H](OC(=O)Nc1ccc(OC)cc1)c1ccc(OCCO)cc1. The van der Waals surface area contributed by atoms with E-state index < -0.39 is 12.2 Å². The highest BCUT2D eigenvalue weighted by Gasteiger charge is 2.16. The summed E-state index contributed by atoms with van der Waals surface area (Å²) in [5, 5.41) is 11.5. The highest BCUT2D eigenvalue weighted by Crippen LogP contribution is 2.25. The highest BCUT2D eigenvalue weighted by atomic mass is 16.6. The number of nitrogens with one attached hydrogen (secondary N) is 1. The van der Waals surface area contributed by atoms with Crippen LogP contribution >= 0.6 is 0 Å². The first-order valence-corrected chi connectivity index (χ1v) is 8.22. The van der Waals surface area contributed by atoms with Crippen LogP contribution in [0.2, 0.25) is 0 Å². The predicted octanol–water partition coefficient (Wildman–Crippen LogP) is 3.93. The number of hydrogen-bond acceptors (Lipinski definition) is 5. The van der Waals surface area contributed by atoms with Gasteiger partial charge in [-0.3, -0.25) is 5.32 Å². The van der Waals surface area contributed by atoms with Crippen molar-refractivity contribution in [3.8, 4) is 11.5 Å². The van der Waals surface area contributed by atoms with Crippen LogP contribution in [0.25, 0.3) is 0 Å². The molecule has 0 unspecified atom stereocenters. The molecule has 0 spiro atoms. The normalized spacial score (nSPS) is 11.3. The van der Waals surface area contributed by atoms with Crippen molar-refractivity contribution in [1.82, 2.24) is 0 Å². The molecule has 0 aromatic heterocycles. The molecule has 0 saturated heterocycles. The molecule has 2 aromatic carbocycles. The molecule has 2 rings (SSSR count). The molecule has 0 aliphatic rings. The highest BCUT2D eigenvalue weighted by molar-refractivity contribution is 5.84. The lowest BCUT2D eigenvalue weighted by molar-refractivity contribution is 0.112. The molecule has 1 amide bonds. The third-order valence-electron chi connectivity index (χ3n) is 3.58. The predicted molar refractivity (Wildman–Crippen MR) is 99.7 cm³/mol. The summed E-state index contributed by atoms with van der Waals surface area (Å²) in [5.74, 6) is 1.35. The Morgan fingerprint density at radius 1 is 1.15 bits per heavy atom. The van der Waals surface area contributed by atoms with Gasteiger partial charge in [0.1, 0.15) is 24.2 Å². The Kier molecular flexibility index (Phi) is 7.51. The number of ether oxygens (including phenoxy) is 3. The van der Waals surface area contributed by atoms with Gasteiger partial charge in [-0.05, 0) is 42.0 Å². The standard InChI is InChI=1S/C20H23NO5/c1-3-4-19(15-5-9-18(10-6-15)25-14-13-22)26-20(23)21-16-7-11-17(24-2)12-8-16/h3,5-12,19,22H,1,4,13-14H2,2H3,(H,21,23)/t19-/m1/s1. The smallest absolute Gasteiger partial charge is 0.412 e. The average molecular weight is 357 g/mol. The van der Waals surface area contributed by atoms with Crippen molar-refractivity contribution in [2.24, 2.45) is 0 Å². The van der Waals surface area contributed by atoms with Gasteiger partial charge < -0.3 is 19.3 Å². The largest absolute Gasteiger partial charge is 0.497 e. The van der Waals surface area contributed by atoms with Gasteiger partial charge in [-0.1, -0.05) is 18.2 Å². The Balaban J connectivity index is 1.99. The van der Waals surface area contributed by atoms with Crippen LogP contribution in [0.3, 0.4) is 0 Å². The maximum absolute atomic E-state index is 12.2. The van der Waals surface area contributed by atoms with Gasteiger partial charge in [-0.25, -0.2) is 4.79 Å². The molecule has 2 aromatic rings. The van der Waals surface area contributed by atoms with Crippen LogP contribution in [0.15, 0.2) is 61.2 Å². The van der Waals surface area contributed by atoms with E-state index in [1.54, 1.807) is 49.6 Å². The number of amides is 1. The van der Waals surface area contributed by atoms with Gasteiger partial charge in [-0.2, -0.15) is 0 Å². The third-order valence-corrected chi connectivity index (χ3v) is 3.58. The van der Waals surface area contributed by atoms with Gasteiger partial charge in [0, 0.05) is 12.1 Å². The molecule has 0 heterocycles. The first-order valence-electron chi connectivity index (χ1n) is 8.22. The summed E-state index contributed by atoms with van der Waals surface area (Å²) in [6.07, 6.45) is 1.16. The number of hydrogen-bond donors (Lipinski definition) is 2. The molecule has 0 fully saturated rings. The second-order valence-corrected chi connectivity index (χ2v) is 5.41. The van der Waals surface area contributed by atoms with Crippen molar-refractivity contribution in [2.45, 2.75) is 12.5 Å². The molecule has 0 bridgehead atoms.